The van der Waals surface area contributed by atoms with Gasteiger partial charge in [0.2, 0.25) is 5.91 Å². The van der Waals surface area contributed by atoms with Gasteiger partial charge < -0.3 is 10.6 Å². The van der Waals surface area contributed by atoms with Crippen molar-refractivity contribution in [1.82, 2.24) is 0 Å². The van der Waals surface area contributed by atoms with Gasteiger partial charge in [-0.3, -0.25) is 4.79 Å². The highest BCUT2D eigenvalue weighted by atomic mass is 35.5. The monoisotopic (exact) mass is 308 g/mol. The predicted octanol–water partition coefficient (Wildman–Crippen LogP) is 3.72. The van der Waals surface area contributed by atoms with Crippen LogP contribution in [0, 0.1) is 11.6 Å². The molecule has 0 aromatic heterocycles. The Hall–Kier alpha value is -2.14. The van der Waals surface area contributed by atoms with Gasteiger partial charge in [0.05, 0.1) is 17.1 Å². The highest BCUT2D eigenvalue weighted by Gasteiger charge is 2.19. The number of hydrogen-bond donors (Lipinski definition) is 2. The summed E-state index contributed by atoms with van der Waals surface area (Å²) in [5.41, 5.74) is 2.48. The second kappa shape index (κ2) is 5.33. The highest BCUT2D eigenvalue weighted by molar-refractivity contribution is 6.33. The minimum atomic E-state index is -0.614. The van der Waals surface area contributed by atoms with E-state index in [-0.39, 0.29) is 12.5 Å². The molecule has 21 heavy (non-hydrogen) atoms. The topological polar surface area (TPSA) is 41.1 Å². The van der Waals surface area contributed by atoms with Crippen molar-refractivity contribution in [3.63, 3.8) is 0 Å². The second-order valence-electron chi connectivity index (χ2n) is 4.80. The van der Waals surface area contributed by atoms with E-state index >= 15 is 0 Å². The van der Waals surface area contributed by atoms with Gasteiger partial charge in [-0.2, -0.15) is 0 Å². The summed E-state index contributed by atoms with van der Waals surface area (Å²) in [7, 11) is 0. The van der Waals surface area contributed by atoms with Crippen LogP contribution < -0.4 is 10.6 Å². The highest BCUT2D eigenvalue weighted by Crippen LogP contribution is 2.33. The van der Waals surface area contributed by atoms with Gasteiger partial charge >= 0.3 is 0 Å². The first kappa shape index (κ1) is 13.8. The number of hydrogen-bond acceptors (Lipinski definition) is 2. The summed E-state index contributed by atoms with van der Waals surface area (Å²) in [5.74, 6) is -1.31. The standard InChI is InChI=1S/C15H11ClF2N2O/c16-11-6-13-9(4-15(21)20-13)3-14(11)19-7-8-1-2-10(17)5-12(8)18/h1-3,5-6,19H,4,7H2,(H,20,21). The minimum Gasteiger partial charge on any atom is -0.380 e. The molecule has 2 aromatic rings. The maximum absolute atomic E-state index is 13.6. The average Bonchev–Trinajstić information content (AvgIpc) is 2.76. The van der Waals surface area contributed by atoms with Gasteiger partial charge in [0.1, 0.15) is 11.6 Å². The third-order valence-corrected chi connectivity index (χ3v) is 3.62. The van der Waals surface area contributed by atoms with Gasteiger partial charge in [-0.15, -0.1) is 0 Å². The molecule has 1 aliphatic heterocycles. The van der Waals surface area contributed by atoms with Crippen LogP contribution in [0.25, 0.3) is 0 Å². The van der Waals surface area contributed by atoms with Crippen molar-refractivity contribution in [2.45, 2.75) is 13.0 Å². The van der Waals surface area contributed by atoms with Crippen LogP contribution in [-0.2, 0) is 17.8 Å². The smallest absolute Gasteiger partial charge is 0.228 e. The van der Waals surface area contributed by atoms with E-state index in [9.17, 15) is 13.6 Å². The van der Waals surface area contributed by atoms with Crippen molar-refractivity contribution in [1.29, 1.82) is 0 Å². The lowest BCUT2D eigenvalue weighted by molar-refractivity contribution is -0.115. The molecule has 108 valence electrons. The summed E-state index contributed by atoms with van der Waals surface area (Å²) < 4.78 is 26.4. The summed E-state index contributed by atoms with van der Waals surface area (Å²) in [6, 6.07) is 6.84. The van der Waals surface area contributed by atoms with Crippen molar-refractivity contribution < 1.29 is 13.6 Å². The third-order valence-electron chi connectivity index (χ3n) is 3.30. The van der Waals surface area contributed by atoms with Gasteiger partial charge in [-0.25, -0.2) is 8.78 Å². The summed E-state index contributed by atoms with van der Waals surface area (Å²) in [6.45, 7) is 0.173. The Morgan fingerprint density at radius 3 is 2.81 bits per heavy atom. The SMILES string of the molecule is O=C1Cc2cc(NCc3ccc(F)cc3F)c(Cl)cc2N1. The van der Waals surface area contributed by atoms with E-state index in [4.69, 9.17) is 11.6 Å². The number of anilines is 2. The molecule has 2 N–H and O–H groups in total. The largest absolute Gasteiger partial charge is 0.380 e. The molecule has 0 fully saturated rings. The summed E-state index contributed by atoms with van der Waals surface area (Å²) in [5, 5.41) is 6.13. The molecule has 1 amide bonds. The van der Waals surface area contributed by atoms with Gasteiger partial charge in [-0.1, -0.05) is 17.7 Å². The van der Waals surface area contributed by atoms with Crippen molar-refractivity contribution in [3.8, 4) is 0 Å². The van der Waals surface area contributed by atoms with Crippen LogP contribution in [0.15, 0.2) is 30.3 Å². The Kier molecular flexibility index (Phi) is 3.51. The number of nitrogens with one attached hydrogen (secondary N) is 2. The quantitative estimate of drug-likeness (QED) is 0.907. The molecule has 6 heteroatoms. The van der Waals surface area contributed by atoms with Gasteiger partial charge in [-0.05, 0) is 23.8 Å². The first-order valence-electron chi connectivity index (χ1n) is 6.33. The molecule has 0 bridgehead atoms. The molecule has 0 aliphatic carbocycles. The Labute approximate surface area is 124 Å². The van der Waals surface area contributed by atoms with Crippen LogP contribution in [-0.4, -0.2) is 5.91 Å². The number of benzene rings is 2. The second-order valence-corrected chi connectivity index (χ2v) is 5.21. The molecule has 0 unspecified atom stereocenters. The summed E-state index contributed by atoms with van der Waals surface area (Å²) in [6.07, 6.45) is 0.298. The lowest BCUT2D eigenvalue weighted by Crippen LogP contribution is -2.03. The first-order chi connectivity index (χ1) is 10.0. The van der Waals surface area contributed by atoms with E-state index in [1.807, 2.05) is 0 Å². The van der Waals surface area contributed by atoms with E-state index in [0.29, 0.717) is 28.4 Å². The maximum atomic E-state index is 13.6. The lowest BCUT2D eigenvalue weighted by atomic mass is 10.1. The molecule has 0 saturated heterocycles. The number of fused-ring (bicyclic) bond motifs is 1. The van der Waals surface area contributed by atoms with Crippen molar-refractivity contribution >= 4 is 28.9 Å². The summed E-state index contributed by atoms with van der Waals surface area (Å²) >= 11 is 6.12. The molecule has 1 aliphatic rings. The Balaban J connectivity index is 1.79. The van der Waals surface area contributed by atoms with Crippen LogP contribution in [0.5, 0.6) is 0 Å². The number of halogens is 3. The van der Waals surface area contributed by atoms with E-state index in [1.165, 1.54) is 12.1 Å². The number of rotatable bonds is 3. The average molecular weight is 309 g/mol. The van der Waals surface area contributed by atoms with Crippen LogP contribution in [0.2, 0.25) is 5.02 Å². The maximum Gasteiger partial charge on any atom is 0.228 e. The molecular formula is C15H11ClF2N2O. The Bertz CT molecular complexity index is 734. The zero-order valence-corrected chi connectivity index (χ0v) is 11.6. The molecule has 2 aromatic carbocycles. The first-order valence-corrected chi connectivity index (χ1v) is 6.71. The molecule has 1 heterocycles. The number of carbonyl (C=O) groups is 1. The van der Waals surface area contributed by atoms with E-state index in [1.54, 1.807) is 12.1 Å². The van der Waals surface area contributed by atoms with Crippen molar-refractivity contribution in [2.75, 3.05) is 10.6 Å². The molecule has 3 nitrogen and oxygen atoms in total. The molecule has 0 spiro atoms. The minimum absolute atomic E-state index is 0.0807. The summed E-state index contributed by atoms with van der Waals surface area (Å²) in [4.78, 5) is 11.3. The molecule has 3 rings (SSSR count). The fourth-order valence-electron chi connectivity index (χ4n) is 2.24. The van der Waals surface area contributed by atoms with E-state index in [0.717, 1.165) is 11.6 Å². The van der Waals surface area contributed by atoms with E-state index in [2.05, 4.69) is 10.6 Å². The van der Waals surface area contributed by atoms with Gasteiger partial charge in [0.25, 0.3) is 0 Å². The molecular weight excluding hydrogens is 298 g/mol. The van der Waals surface area contributed by atoms with Crippen LogP contribution in [0.4, 0.5) is 20.2 Å². The van der Waals surface area contributed by atoms with Crippen molar-refractivity contribution in [2.24, 2.45) is 0 Å². The fourth-order valence-corrected chi connectivity index (χ4v) is 2.47. The van der Waals surface area contributed by atoms with Crippen LogP contribution in [0.3, 0.4) is 0 Å². The molecule has 0 atom stereocenters. The van der Waals surface area contributed by atoms with Gasteiger partial charge in [0, 0.05) is 23.9 Å². The lowest BCUT2D eigenvalue weighted by Gasteiger charge is -2.11. The van der Waals surface area contributed by atoms with Gasteiger partial charge in [0.15, 0.2) is 0 Å². The van der Waals surface area contributed by atoms with Crippen LogP contribution in [0.1, 0.15) is 11.1 Å². The van der Waals surface area contributed by atoms with Crippen molar-refractivity contribution in [3.05, 3.63) is 58.1 Å². The zero-order valence-electron chi connectivity index (χ0n) is 10.8. The van der Waals surface area contributed by atoms with E-state index < -0.39 is 11.6 Å². The number of amides is 1. The Morgan fingerprint density at radius 2 is 2.05 bits per heavy atom. The third kappa shape index (κ3) is 2.83. The van der Waals surface area contributed by atoms with Crippen LogP contribution >= 0.6 is 11.6 Å². The Morgan fingerprint density at radius 1 is 1.24 bits per heavy atom. The zero-order chi connectivity index (χ0) is 15.0. The molecule has 0 radical (unpaired) electrons. The molecule has 0 saturated carbocycles. The fraction of sp³-hybridized carbons (Fsp3) is 0.133. The number of carbonyl (C=O) groups excluding carboxylic acids is 1. The predicted molar refractivity (Wildman–Crippen MR) is 77.5 cm³/mol. The normalized spacial score (nSPS) is 13.0.